The normalized spacial score (nSPS) is 34.1. The average Bonchev–Trinajstić information content (AvgIpc) is 2.25. The fourth-order valence-electron chi connectivity index (χ4n) is 2.69. The SMILES string of the molecule is COC(=O)[C@H]1[C@H](C)C(C)(C)N([O])C1(C)C. The van der Waals surface area contributed by atoms with Crippen LogP contribution in [0.15, 0.2) is 0 Å². The van der Waals surface area contributed by atoms with Crippen molar-refractivity contribution in [1.82, 2.24) is 5.06 Å². The Bertz CT molecular complexity index is 273. The number of rotatable bonds is 1. The summed E-state index contributed by atoms with van der Waals surface area (Å²) in [5.74, 6) is -0.675. The first-order valence-electron chi connectivity index (χ1n) is 5.22. The summed E-state index contributed by atoms with van der Waals surface area (Å²) in [6, 6.07) is 0. The molecule has 0 aromatic heterocycles. The van der Waals surface area contributed by atoms with Crippen LogP contribution in [0.1, 0.15) is 34.6 Å². The lowest BCUT2D eigenvalue weighted by atomic mass is 9.78. The average molecular weight is 214 g/mol. The largest absolute Gasteiger partial charge is 0.469 e. The third-order valence-electron chi connectivity index (χ3n) is 3.88. The van der Waals surface area contributed by atoms with Gasteiger partial charge in [0.05, 0.1) is 18.6 Å². The maximum Gasteiger partial charge on any atom is 0.310 e. The van der Waals surface area contributed by atoms with Crippen LogP contribution in [0.2, 0.25) is 0 Å². The standard InChI is InChI=1S/C11H20NO3/c1-7-8(9(13)15-6)11(4,5)12(14)10(7,2)3/h7-8H,1-6H3/t7-,8+/m0/s1. The van der Waals surface area contributed by atoms with Gasteiger partial charge in [-0.15, -0.1) is 10.3 Å². The molecule has 2 atom stereocenters. The molecule has 0 amide bonds. The monoisotopic (exact) mass is 214 g/mol. The predicted octanol–water partition coefficient (Wildman–Crippen LogP) is 1.63. The lowest BCUT2D eigenvalue weighted by Gasteiger charge is -2.33. The van der Waals surface area contributed by atoms with E-state index in [0.29, 0.717) is 0 Å². The summed E-state index contributed by atoms with van der Waals surface area (Å²) >= 11 is 0. The molecule has 0 unspecified atom stereocenters. The Morgan fingerprint density at radius 2 is 1.67 bits per heavy atom. The van der Waals surface area contributed by atoms with Gasteiger partial charge >= 0.3 is 5.97 Å². The van der Waals surface area contributed by atoms with Gasteiger partial charge in [-0.3, -0.25) is 4.79 Å². The molecule has 15 heavy (non-hydrogen) atoms. The van der Waals surface area contributed by atoms with Gasteiger partial charge in [0.1, 0.15) is 0 Å². The first-order chi connectivity index (χ1) is 6.67. The number of hydrogen-bond donors (Lipinski definition) is 0. The molecule has 1 aliphatic rings. The van der Waals surface area contributed by atoms with Crippen molar-refractivity contribution in [2.45, 2.75) is 45.7 Å². The first-order valence-corrected chi connectivity index (χ1v) is 5.22. The Morgan fingerprint density at radius 1 is 1.20 bits per heavy atom. The van der Waals surface area contributed by atoms with Crippen LogP contribution in [0.25, 0.3) is 0 Å². The summed E-state index contributed by atoms with van der Waals surface area (Å²) in [6.07, 6.45) is 0. The number of carbonyl (C=O) groups is 1. The van der Waals surface area contributed by atoms with Crippen molar-refractivity contribution in [3.8, 4) is 0 Å². The number of esters is 1. The Morgan fingerprint density at radius 3 is 1.93 bits per heavy atom. The van der Waals surface area contributed by atoms with Crippen LogP contribution < -0.4 is 0 Å². The molecule has 4 nitrogen and oxygen atoms in total. The second kappa shape index (κ2) is 3.46. The molecule has 0 aromatic rings. The molecule has 0 aromatic carbocycles. The smallest absolute Gasteiger partial charge is 0.310 e. The molecular weight excluding hydrogens is 194 g/mol. The molecule has 1 heterocycles. The zero-order chi connectivity index (χ0) is 12.0. The highest BCUT2D eigenvalue weighted by molar-refractivity contribution is 5.75. The topological polar surface area (TPSA) is 49.4 Å². The summed E-state index contributed by atoms with van der Waals surface area (Å²) in [6.45, 7) is 9.27. The minimum Gasteiger partial charge on any atom is -0.469 e. The van der Waals surface area contributed by atoms with Crippen molar-refractivity contribution < 1.29 is 14.7 Å². The van der Waals surface area contributed by atoms with Crippen LogP contribution in [0, 0.1) is 11.8 Å². The van der Waals surface area contributed by atoms with Gasteiger partial charge in [0.25, 0.3) is 0 Å². The van der Waals surface area contributed by atoms with Gasteiger partial charge in [0.15, 0.2) is 0 Å². The third kappa shape index (κ3) is 1.56. The summed E-state index contributed by atoms with van der Waals surface area (Å²) in [5, 5.41) is 13.1. The zero-order valence-electron chi connectivity index (χ0n) is 10.3. The molecule has 4 heteroatoms. The molecule has 1 radical (unpaired) electrons. The Balaban J connectivity index is 3.13. The van der Waals surface area contributed by atoms with Gasteiger partial charge in [-0.2, -0.15) is 0 Å². The molecule has 1 aliphatic heterocycles. The van der Waals surface area contributed by atoms with E-state index in [0.717, 1.165) is 5.06 Å². The molecule has 1 saturated heterocycles. The van der Waals surface area contributed by atoms with Crippen LogP contribution >= 0.6 is 0 Å². The number of nitrogens with zero attached hydrogens (tertiary/aromatic N) is 1. The molecular formula is C11H20NO3. The summed E-state index contributed by atoms with van der Waals surface area (Å²) in [5.41, 5.74) is -1.22. The predicted molar refractivity (Wildman–Crippen MR) is 55.4 cm³/mol. The zero-order valence-corrected chi connectivity index (χ0v) is 10.3. The van der Waals surface area contributed by atoms with Crippen molar-refractivity contribution in [2.75, 3.05) is 7.11 Å². The molecule has 1 fully saturated rings. The van der Waals surface area contributed by atoms with Gasteiger partial charge < -0.3 is 4.74 Å². The second-order valence-electron chi connectivity index (χ2n) is 5.39. The highest BCUT2D eigenvalue weighted by Gasteiger charge is 2.60. The molecule has 87 valence electrons. The minimum absolute atomic E-state index is 0.0163. The van der Waals surface area contributed by atoms with Gasteiger partial charge in [-0.1, -0.05) is 6.92 Å². The first kappa shape index (κ1) is 12.5. The van der Waals surface area contributed by atoms with Crippen LogP contribution in [0.5, 0.6) is 0 Å². The molecule has 0 aliphatic carbocycles. The number of methoxy groups -OCH3 is 1. The van der Waals surface area contributed by atoms with E-state index in [1.807, 2.05) is 20.8 Å². The number of hydrogen-bond acceptors (Lipinski definition) is 3. The second-order valence-corrected chi connectivity index (χ2v) is 5.39. The van der Waals surface area contributed by atoms with Crippen LogP contribution in [-0.4, -0.2) is 29.2 Å². The lowest BCUT2D eigenvalue weighted by Crippen LogP contribution is -2.47. The van der Waals surface area contributed by atoms with E-state index >= 15 is 0 Å². The maximum atomic E-state index is 12.1. The Labute approximate surface area is 91.2 Å². The lowest BCUT2D eigenvalue weighted by molar-refractivity contribution is -0.251. The summed E-state index contributed by atoms with van der Waals surface area (Å²) in [7, 11) is 1.37. The van der Waals surface area contributed by atoms with Gasteiger partial charge in [0, 0.05) is 5.54 Å². The molecule has 0 spiro atoms. The minimum atomic E-state index is -0.698. The maximum absolute atomic E-state index is 12.1. The molecule has 0 saturated carbocycles. The van der Waals surface area contributed by atoms with Crippen LogP contribution in [-0.2, 0) is 14.7 Å². The van der Waals surface area contributed by atoms with Crippen LogP contribution in [0.4, 0.5) is 0 Å². The Hall–Kier alpha value is -0.610. The highest BCUT2D eigenvalue weighted by Crippen LogP contribution is 2.48. The number of hydroxylamine groups is 2. The summed E-state index contributed by atoms with van der Waals surface area (Å²) in [4.78, 5) is 11.7. The van der Waals surface area contributed by atoms with E-state index in [-0.39, 0.29) is 17.8 Å². The van der Waals surface area contributed by atoms with E-state index < -0.39 is 11.1 Å². The van der Waals surface area contributed by atoms with E-state index in [4.69, 9.17) is 4.74 Å². The third-order valence-corrected chi connectivity index (χ3v) is 3.88. The van der Waals surface area contributed by atoms with Crippen molar-refractivity contribution >= 4 is 5.97 Å². The fourth-order valence-corrected chi connectivity index (χ4v) is 2.69. The van der Waals surface area contributed by atoms with E-state index in [2.05, 4.69) is 0 Å². The van der Waals surface area contributed by atoms with Crippen molar-refractivity contribution in [1.29, 1.82) is 0 Å². The highest BCUT2D eigenvalue weighted by atomic mass is 16.5. The van der Waals surface area contributed by atoms with Crippen LogP contribution in [0.3, 0.4) is 0 Å². The quantitative estimate of drug-likeness (QED) is 0.623. The van der Waals surface area contributed by atoms with Crippen molar-refractivity contribution in [3.05, 3.63) is 0 Å². The van der Waals surface area contributed by atoms with Gasteiger partial charge in [-0.25, -0.2) is 0 Å². The fraction of sp³-hybridized carbons (Fsp3) is 0.909. The van der Waals surface area contributed by atoms with Crippen molar-refractivity contribution in [2.24, 2.45) is 11.8 Å². The molecule has 0 bridgehead atoms. The Kier molecular flexibility index (Phi) is 2.87. The molecule has 1 rings (SSSR count). The molecule has 0 N–H and O–H groups in total. The van der Waals surface area contributed by atoms with Crippen molar-refractivity contribution in [3.63, 3.8) is 0 Å². The van der Waals surface area contributed by atoms with E-state index in [1.165, 1.54) is 7.11 Å². The number of ether oxygens (including phenoxy) is 1. The van der Waals surface area contributed by atoms with E-state index in [1.54, 1.807) is 13.8 Å². The number of carbonyl (C=O) groups excluding carboxylic acids is 1. The summed E-state index contributed by atoms with van der Waals surface area (Å²) < 4.78 is 4.78. The van der Waals surface area contributed by atoms with Gasteiger partial charge in [-0.05, 0) is 33.6 Å². The van der Waals surface area contributed by atoms with Gasteiger partial charge in [0.2, 0.25) is 0 Å². The van der Waals surface area contributed by atoms with E-state index in [9.17, 15) is 10.0 Å².